The van der Waals surface area contributed by atoms with Crippen molar-refractivity contribution in [3.63, 3.8) is 0 Å². The molecule has 0 amide bonds. The second-order valence-corrected chi connectivity index (χ2v) is 8.38. The number of methoxy groups -OCH3 is 2. The van der Waals surface area contributed by atoms with Crippen LogP contribution < -0.4 is 9.47 Å². The van der Waals surface area contributed by atoms with E-state index in [1.807, 2.05) is 12.1 Å². The van der Waals surface area contributed by atoms with Gasteiger partial charge in [0.1, 0.15) is 0 Å². The average Bonchev–Trinajstić information content (AvgIpc) is 2.64. The molecule has 0 radical (unpaired) electrons. The summed E-state index contributed by atoms with van der Waals surface area (Å²) in [4.78, 5) is 15.1. The van der Waals surface area contributed by atoms with Gasteiger partial charge in [-0.25, -0.2) is 0 Å². The van der Waals surface area contributed by atoms with Gasteiger partial charge in [0.2, 0.25) is 0 Å². The highest BCUT2D eigenvalue weighted by Crippen LogP contribution is 2.49. The number of benzene rings is 1. The summed E-state index contributed by atoms with van der Waals surface area (Å²) < 4.78 is 11.0. The van der Waals surface area contributed by atoms with Gasteiger partial charge in [0.15, 0.2) is 17.3 Å². The summed E-state index contributed by atoms with van der Waals surface area (Å²) in [6, 6.07) is 4.11. The highest BCUT2D eigenvalue weighted by Gasteiger charge is 2.44. The van der Waals surface area contributed by atoms with Crippen LogP contribution in [-0.4, -0.2) is 42.4 Å². The lowest BCUT2D eigenvalue weighted by atomic mass is 9.71. The Kier molecular flexibility index (Phi) is 4.17. The van der Waals surface area contributed by atoms with E-state index in [4.69, 9.17) is 9.47 Å². The van der Waals surface area contributed by atoms with Crippen LogP contribution in [0, 0.1) is 5.41 Å². The van der Waals surface area contributed by atoms with Crippen molar-refractivity contribution in [3.05, 3.63) is 34.5 Å². The number of hydrogen-bond acceptors (Lipinski definition) is 6. The van der Waals surface area contributed by atoms with Crippen LogP contribution in [-0.2, 0) is 11.2 Å². The number of nitrogens with zero attached hydrogens (tertiary/aromatic N) is 2. The number of carbonyl (C=O) groups excluding carboxylic acids is 1. The predicted octanol–water partition coefficient (Wildman–Crippen LogP) is 3.48. The topological polar surface area (TPSA) is 71.4 Å². The van der Waals surface area contributed by atoms with Crippen molar-refractivity contribution in [1.82, 2.24) is 4.90 Å². The summed E-state index contributed by atoms with van der Waals surface area (Å²) in [6.07, 6.45) is 2.70. The zero-order valence-corrected chi connectivity index (χ0v) is 16.3. The Bertz CT molecular complexity index is 869. The molecule has 0 spiro atoms. The number of ether oxygens (including phenoxy) is 2. The molecule has 2 heterocycles. The van der Waals surface area contributed by atoms with Crippen LogP contribution in [0.1, 0.15) is 50.3 Å². The van der Waals surface area contributed by atoms with E-state index in [0.29, 0.717) is 29.9 Å². The summed E-state index contributed by atoms with van der Waals surface area (Å²) >= 11 is 0. The molecular weight excluding hydrogens is 344 g/mol. The number of hydrogen-bond donors (Lipinski definition) is 1. The van der Waals surface area contributed by atoms with Gasteiger partial charge >= 0.3 is 0 Å². The zero-order chi connectivity index (χ0) is 19.3. The van der Waals surface area contributed by atoms with Gasteiger partial charge in [-0.05, 0) is 41.5 Å². The van der Waals surface area contributed by atoms with Crippen molar-refractivity contribution in [1.29, 1.82) is 0 Å². The molecular formula is C21H26N2O4. The summed E-state index contributed by atoms with van der Waals surface area (Å²) in [7, 11) is 3.28. The van der Waals surface area contributed by atoms with Crippen LogP contribution in [0.4, 0.5) is 0 Å². The highest BCUT2D eigenvalue weighted by molar-refractivity contribution is 6.24. The third-order valence-electron chi connectivity index (χ3n) is 6.00. The molecule has 1 aromatic rings. The first kappa shape index (κ1) is 17.9. The molecule has 27 heavy (non-hydrogen) atoms. The smallest absolute Gasteiger partial charge is 0.167 e. The van der Waals surface area contributed by atoms with E-state index in [2.05, 4.69) is 23.9 Å². The fraction of sp³-hybridized carbons (Fsp3) is 0.524. The van der Waals surface area contributed by atoms with Crippen molar-refractivity contribution < 1.29 is 19.5 Å². The van der Waals surface area contributed by atoms with E-state index in [-0.39, 0.29) is 17.2 Å². The minimum atomic E-state index is -0.0871. The van der Waals surface area contributed by atoms with Gasteiger partial charge in [0, 0.05) is 25.1 Å². The second-order valence-electron chi connectivity index (χ2n) is 8.38. The van der Waals surface area contributed by atoms with E-state index in [9.17, 15) is 10.0 Å². The molecule has 1 aromatic carbocycles. The number of allylic oxidation sites excluding steroid dienone is 2. The van der Waals surface area contributed by atoms with Gasteiger partial charge in [-0.1, -0.05) is 19.0 Å². The van der Waals surface area contributed by atoms with Crippen LogP contribution in [0.25, 0.3) is 0 Å². The maximum atomic E-state index is 12.8. The van der Waals surface area contributed by atoms with E-state index in [1.165, 1.54) is 5.56 Å². The summed E-state index contributed by atoms with van der Waals surface area (Å²) in [5.74, 6) is 1.51. The van der Waals surface area contributed by atoms with E-state index < -0.39 is 0 Å². The first-order valence-corrected chi connectivity index (χ1v) is 9.37. The van der Waals surface area contributed by atoms with Gasteiger partial charge in [0.25, 0.3) is 0 Å². The monoisotopic (exact) mass is 370 g/mol. The summed E-state index contributed by atoms with van der Waals surface area (Å²) in [5, 5.41) is 13.2. The molecule has 3 aliphatic rings. The van der Waals surface area contributed by atoms with Crippen LogP contribution in [0.2, 0.25) is 0 Å². The number of ketones is 1. The zero-order valence-electron chi connectivity index (χ0n) is 16.3. The number of rotatable bonds is 2. The highest BCUT2D eigenvalue weighted by atomic mass is 16.5. The summed E-state index contributed by atoms with van der Waals surface area (Å²) in [6.45, 7) is 5.09. The average molecular weight is 370 g/mol. The molecule has 1 atom stereocenters. The molecule has 0 aromatic heterocycles. The Morgan fingerprint density at radius 1 is 1.19 bits per heavy atom. The first-order valence-electron chi connectivity index (χ1n) is 9.37. The number of carbonyl (C=O) groups is 1. The minimum absolute atomic E-state index is 0.0416. The fourth-order valence-corrected chi connectivity index (χ4v) is 4.81. The maximum Gasteiger partial charge on any atom is 0.167 e. The van der Waals surface area contributed by atoms with Gasteiger partial charge in [-0.3, -0.25) is 4.79 Å². The molecule has 6 nitrogen and oxygen atoms in total. The van der Waals surface area contributed by atoms with Crippen LogP contribution in [0.15, 0.2) is 28.6 Å². The Morgan fingerprint density at radius 2 is 1.89 bits per heavy atom. The van der Waals surface area contributed by atoms with Crippen molar-refractivity contribution in [2.45, 2.75) is 45.6 Å². The molecule has 2 aliphatic heterocycles. The number of fused-ring (bicyclic) bond motifs is 4. The van der Waals surface area contributed by atoms with Gasteiger partial charge < -0.3 is 19.6 Å². The second kappa shape index (κ2) is 6.29. The third-order valence-corrected chi connectivity index (χ3v) is 6.00. The largest absolute Gasteiger partial charge is 0.493 e. The van der Waals surface area contributed by atoms with E-state index in [0.717, 1.165) is 36.4 Å². The van der Waals surface area contributed by atoms with Gasteiger partial charge in [-0.2, -0.15) is 0 Å². The molecule has 1 aliphatic carbocycles. The minimum Gasteiger partial charge on any atom is -0.493 e. The van der Waals surface area contributed by atoms with Crippen LogP contribution in [0.3, 0.4) is 0 Å². The molecule has 0 saturated carbocycles. The molecule has 4 rings (SSSR count). The van der Waals surface area contributed by atoms with Gasteiger partial charge in [0.05, 0.1) is 31.5 Å². The number of Topliss-reactive ketones (excluding diaryl/α,β-unsaturated/α-hetero) is 1. The number of oxime groups is 1. The lowest BCUT2D eigenvalue weighted by molar-refractivity contribution is -0.118. The molecule has 0 unspecified atom stereocenters. The fourth-order valence-electron chi connectivity index (χ4n) is 4.81. The molecule has 0 fully saturated rings. The lowest BCUT2D eigenvalue weighted by Gasteiger charge is -2.48. The third kappa shape index (κ3) is 2.78. The normalized spacial score (nSPS) is 25.0. The quantitative estimate of drug-likeness (QED) is 0.637. The predicted molar refractivity (Wildman–Crippen MR) is 102 cm³/mol. The van der Waals surface area contributed by atoms with Crippen molar-refractivity contribution in [2.75, 3.05) is 20.8 Å². The van der Waals surface area contributed by atoms with Crippen molar-refractivity contribution >= 4 is 11.5 Å². The van der Waals surface area contributed by atoms with Crippen LogP contribution >= 0.6 is 0 Å². The molecule has 6 heteroatoms. The van der Waals surface area contributed by atoms with Crippen molar-refractivity contribution in [3.8, 4) is 11.5 Å². The molecule has 1 N–H and O–H groups in total. The first-order chi connectivity index (χ1) is 12.9. The lowest BCUT2D eigenvalue weighted by Crippen LogP contribution is -2.45. The SMILES string of the molecule is COc1cc2c(cc1OC)[C@@H]1C/C(=N\O)C3=C(CC(C)(C)CC3=O)N1CC2. The Morgan fingerprint density at radius 3 is 2.56 bits per heavy atom. The van der Waals surface area contributed by atoms with Crippen molar-refractivity contribution in [2.24, 2.45) is 10.6 Å². The Labute approximate surface area is 159 Å². The Hall–Kier alpha value is -2.50. The van der Waals surface area contributed by atoms with Gasteiger partial charge in [-0.15, -0.1) is 0 Å². The molecule has 0 saturated heterocycles. The van der Waals surface area contributed by atoms with Crippen LogP contribution in [0.5, 0.6) is 11.5 Å². The summed E-state index contributed by atoms with van der Waals surface area (Å²) in [5.41, 5.74) is 4.46. The van der Waals surface area contributed by atoms with E-state index >= 15 is 0 Å². The standard InChI is InChI=1S/C21H26N2O4/c1-21(2)10-16-20(17(24)11-21)14(22-25)9-15-13-8-19(27-4)18(26-3)7-12(13)5-6-23(15)16/h7-8,15,25H,5-6,9-11H2,1-4H3/b22-14+/t15-/m0/s1. The molecule has 144 valence electrons. The Balaban J connectivity index is 1.84. The molecule has 0 bridgehead atoms. The van der Waals surface area contributed by atoms with E-state index in [1.54, 1.807) is 14.2 Å². The maximum absolute atomic E-state index is 12.8.